The molecule has 1 fully saturated rings. The van der Waals surface area contributed by atoms with Crippen LogP contribution in [0.2, 0.25) is 0 Å². The molecule has 0 unspecified atom stereocenters. The first-order valence-electron chi connectivity index (χ1n) is 11.0. The molecule has 178 valence electrons. The van der Waals surface area contributed by atoms with Crippen LogP contribution >= 0.6 is 0 Å². The quantitative estimate of drug-likeness (QED) is 0.670. The van der Waals surface area contributed by atoms with Crippen molar-refractivity contribution in [2.24, 2.45) is 5.73 Å². The van der Waals surface area contributed by atoms with E-state index in [1.165, 1.54) is 4.31 Å². The fourth-order valence-electron chi connectivity index (χ4n) is 4.29. The van der Waals surface area contributed by atoms with Gasteiger partial charge in [0.1, 0.15) is 6.04 Å². The molecule has 1 saturated heterocycles. The predicted molar refractivity (Wildman–Crippen MR) is 127 cm³/mol. The molecular weight excluding hydrogens is 440 g/mol. The molecule has 1 aliphatic heterocycles. The number of sulfonamides is 1. The Morgan fingerprint density at radius 3 is 2.03 bits per heavy atom. The van der Waals surface area contributed by atoms with E-state index in [4.69, 9.17) is 5.73 Å². The summed E-state index contributed by atoms with van der Waals surface area (Å²) in [4.78, 5) is 26.6. The molecule has 9 heteroatoms. The second-order valence-corrected chi connectivity index (χ2v) is 10.4. The molecule has 2 aromatic carbocycles. The lowest BCUT2D eigenvalue weighted by molar-refractivity contribution is -0.134. The number of amides is 3. The molecule has 0 saturated carbocycles. The number of rotatable bonds is 6. The molecule has 0 aliphatic carbocycles. The van der Waals surface area contributed by atoms with E-state index in [0.717, 1.165) is 27.8 Å². The smallest absolute Gasteiger partial charge is 0.312 e. The molecule has 3 amide bonds. The number of carbonyl (C=O) groups excluding carboxylic acids is 2. The van der Waals surface area contributed by atoms with Gasteiger partial charge in [-0.25, -0.2) is 13.2 Å². The number of nitrogens with two attached hydrogens (primary N) is 1. The average molecular weight is 473 g/mol. The van der Waals surface area contributed by atoms with Gasteiger partial charge in [-0.15, -0.1) is 0 Å². The highest BCUT2D eigenvalue weighted by molar-refractivity contribution is 7.89. The Balaban J connectivity index is 1.75. The number of nitrogens with zero attached hydrogens (tertiary/aromatic N) is 2. The van der Waals surface area contributed by atoms with E-state index in [9.17, 15) is 18.0 Å². The number of carbonyl (C=O) groups is 2. The van der Waals surface area contributed by atoms with Crippen LogP contribution in [-0.2, 0) is 21.2 Å². The van der Waals surface area contributed by atoms with Crippen LogP contribution in [0.5, 0.6) is 0 Å². The highest BCUT2D eigenvalue weighted by atomic mass is 32.2. The van der Waals surface area contributed by atoms with Gasteiger partial charge in [0.2, 0.25) is 15.9 Å². The van der Waals surface area contributed by atoms with Crippen LogP contribution in [0.4, 0.5) is 4.79 Å². The Labute approximate surface area is 195 Å². The monoisotopic (exact) mass is 472 g/mol. The van der Waals surface area contributed by atoms with Crippen LogP contribution < -0.4 is 11.1 Å². The third-order valence-corrected chi connectivity index (χ3v) is 8.52. The minimum absolute atomic E-state index is 0.189. The third kappa shape index (κ3) is 5.36. The first-order valence-corrected chi connectivity index (χ1v) is 12.4. The Hall–Kier alpha value is -2.91. The fourth-order valence-corrected chi connectivity index (χ4v) is 6.29. The van der Waals surface area contributed by atoms with Gasteiger partial charge in [-0.1, -0.05) is 36.4 Å². The number of benzene rings is 2. The SMILES string of the molecule is Cc1cc(C)c(C)c(S(=O)(=O)N2CCN(C(=O)[C@@H](Cc3ccccc3)NC(N)=O)CC2)c1C. The number of hydrogen-bond acceptors (Lipinski definition) is 4. The summed E-state index contributed by atoms with van der Waals surface area (Å²) in [5.41, 5.74) is 9.58. The average Bonchev–Trinajstić information content (AvgIpc) is 2.77. The molecule has 0 spiro atoms. The first-order chi connectivity index (χ1) is 15.5. The van der Waals surface area contributed by atoms with Gasteiger partial charge in [-0.05, 0) is 55.5 Å². The van der Waals surface area contributed by atoms with Crippen molar-refractivity contribution < 1.29 is 18.0 Å². The van der Waals surface area contributed by atoms with Gasteiger partial charge in [0.15, 0.2) is 0 Å². The van der Waals surface area contributed by atoms with Gasteiger partial charge in [0, 0.05) is 32.6 Å². The van der Waals surface area contributed by atoms with E-state index < -0.39 is 22.1 Å². The Kier molecular flexibility index (Phi) is 7.44. The Morgan fingerprint density at radius 2 is 1.52 bits per heavy atom. The van der Waals surface area contributed by atoms with E-state index in [-0.39, 0.29) is 32.1 Å². The van der Waals surface area contributed by atoms with Crippen molar-refractivity contribution in [3.05, 3.63) is 64.2 Å². The van der Waals surface area contributed by atoms with Gasteiger partial charge in [-0.3, -0.25) is 4.79 Å². The number of aryl methyl sites for hydroxylation is 2. The minimum Gasteiger partial charge on any atom is -0.352 e. The zero-order valence-electron chi connectivity index (χ0n) is 19.6. The number of urea groups is 1. The van der Waals surface area contributed by atoms with Crippen molar-refractivity contribution >= 4 is 22.0 Å². The summed E-state index contributed by atoms with van der Waals surface area (Å²) in [6, 6.07) is 9.77. The maximum absolute atomic E-state index is 13.5. The van der Waals surface area contributed by atoms with Crippen molar-refractivity contribution in [2.75, 3.05) is 26.2 Å². The molecule has 0 aromatic heterocycles. The Morgan fingerprint density at radius 1 is 0.970 bits per heavy atom. The number of primary amides is 1. The van der Waals surface area contributed by atoms with Crippen molar-refractivity contribution in [3.8, 4) is 0 Å². The van der Waals surface area contributed by atoms with Gasteiger partial charge in [0.05, 0.1) is 4.90 Å². The summed E-state index contributed by atoms with van der Waals surface area (Å²) < 4.78 is 28.4. The van der Waals surface area contributed by atoms with Crippen LogP contribution in [0.1, 0.15) is 27.8 Å². The van der Waals surface area contributed by atoms with Gasteiger partial charge >= 0.3 is 6.03 Å². The third-order valence-electron chi connectivity index (χ3n) is 6.34. The predicted octanol–water partition coefficient (Wildman–Crippen LogP) is 2.03. The number of nitrogens with one attached hydrogen (secondary N) is 1. The lowest BCUT2D eigenvalue weighted by Gasteiger charge is -2.36. The molecule has 33 heavy (non-hydrogen) atoms. The van der Waals surface area contributed by atoms with E-state index in [0.29, 0.717) is 11.3 Å². The topological polar surface area (TPSA) is 113 Å². The molecule has 0 bridgehead atoms. The summed E-state index contributed by atoms with van der Waals surface area (Å²) in [5.74, 6) is -0.270. The van der Waals surface area contributed by atoms with Crippen molar-refractivity contribution in [1.29, 1.82) is 0 Å². The zero-order chi connectivity index (χ0) is 24.3. The largest absolute Gasteiger partial charge is 0.352 e. The molecule has 0 radical (unpaired) electrons. The van der Waals surface area contributed by atoms with Crippen molar-refractivity contribution in [2.45, 2.75) is 45.1 Å². The highest BCUT2D eigenvalue weighted by Gasteiger charge is 2.34. The molecule has 1 heterocycles. The lowest BCUT2D eigenvalue weighted by atomic mass is 10.0. The summed E-state index contributed by atoms with van der Waals surface area (Å²) in [5, 5.41) is 2.54. The molecule has 3 N–H and O–H groups in total. The van der Waals surface area contributed by atoms with E-state index in [2.05, 4.69) is 5.32 Å². The van der Waals surface area contributed by atoms with Crippen LogP contribution in [0.25, 0.3) is 0 Å². The zero-order valence-corrected chi connectivity index (χ0v) is 20.4. The van der Waals surface area contributed by atoms with Crippen molar-refractivity contribution in [3.63, 3.8) is 0 Å². The fraction of sp³-hybridized carbons (Fsp3) is 0.417. The van der Waals surface area contributed by atoms with Crippen LogP contribution in [0.15, 0.2) is 41.3 Å². The molecule has 1 atom stereocenters. The molecule has 1 aliphatic rings. The highest BCUT2D eigenvalue weighted by Crippen LogP contribution is 2.29. The first kappa shape index (κ1) is 24.7. The van der Waals surface area contributed by atoms with E-state index in [1.807, 2.05) is 64.1 Å². The molecule has 2 aromatic rings. The van der Waals surface area contributed by atoms with Crippen LogP contribution in [0, 0.1) is 27.7 Å². The normalized spacial score (nSPS) is 15.8. The Bertz CT molecular complexity index is 1110. The summed E-state index contributed by atoms with van der Waals surface area (Å²) >= 11 is 0. The maximum atomic E-state index is 13.5. The lowest BCUT2D eigenvalue weighted by Crippen LogP contribution is -2.57. The van der Waals surface area contributed by atoms with Gasteiger partial charge in [0.25, 0.3) is 0 Å². The number of piperazine rings is 1. The van der Waals surface area contributed by atoms with Gasteiger partial charge in [-0.2, -0.15) is 4.31 Å². The van der Waals surface area contributed by atoms with Crippen LogP contribution in [-0.4, -0.2) is 61.8 Å². The molecule has 3 rings (SSSR count). The standard InChI is InChI=1S/C24H32N4O4S/c1-16-14-17(2)19(4)22(18(16)3)33(31,32)28-12-10-27(11-13-28)23(29)21(26-24(25)30)15-20-8-6-5-7-9-20/h5-9,14,21H,10-13,15H2,1-4H3,(H3,25,26,30)/t21-/m1/s1. The second kappa shape index (κ2) is 9.93. The van der Waals surface area contributed by atoms with Crippen molar-refractivity contribution in [1.82, 2.24) is 14.5 Å². The van der Waals surface area contributed by atoms with E-state index >= 15 is 0 Å². The molecular formula is C24H32N4O4S. The second-order valence-electron chi connectivity index (χ2n) is 8.57. The maximum Gasteiger partial charge on any atom is 0.312 e. The van der Waals surface area contributed by atoms with Gasteiger partial charge < -0.3 is 16.0 Å². The van der Waals surface area contributed by atoms with Crippen LogP contribution in [0.3, 0.4) is 0 Å². The minimum atomic E-state index is -3.70. The summed E-state index contributed by atoms with van der Waals surface area (Å²) in [6.07, 6.45) is 0.308. The summed E-state index contributed by atoms with van der Waals surface area (Å²) in [7, 11) is -3.70. The molecule has 8 nitrogen and oxygen atoms in total. The van der Waals surface area contributed by atoms with E-state index in [1.54, 1.807) is 4.90 Å². The summed E-state index contributed by atoms with van der Waals surface area (Å²) in [6.45, 7) is 8.35. The number of hydrogen-bond donors (Lipinski definition) is 2.